The Labute approximate surface area is 137 Å². The summed E-state index contributed by atoms with van der Waals surface area (Å²) in [6, 6.07) is 27.4. The maximum atomic E-state index is 5.57. The first-order chi connectivity index (χ1) is 10.9. The minimum Gasteiger partial charge on any atom is -0.653 e. The van der Waals surface area contributed by atoms with Gasteiger partial charge < -0.3 is 3.79 Å². The smallest absolute Gasteiger partial charge is 0.482 e. The molecule has 2 radical (unpaired) electrons. The molecule has 0 aliphatic heterocycles. The van der Waals surface area contributed by atoms with Crippen LogP contribution in [0.25, 0.3) is 32.7 Å². The third-order valence-corrected chi connectivity index (χ3v) is 4.33. The lowest BCUT2D eigenvalue weighted by molar-refractivity contribution is 0.619. The highest BCUT2D eigenvalue weighted by Gasteiger charge is 2.12. The Balaban J connectivity index is 2.16. The van der Waals surface area contributed by atoms with E-state index in [0.29, 0.717) is 0 Å². The van der Waals surface area contributed by atoms with Crippen LogP contribution in [0.4, 0.5) is 0 Å². The summed E-state index contributed by atoms with van der Waals surface area (Å²) in [5.74, 6) is 0.875. The molecule has 0 fully saturated rings. The summed E-state index contributed by atoms with van der Waals surface area (Å²) < 4.78 is 5.57. The standard InChI is InChI=1S/C20H14O.Al/c21-19-13-12-15-7-2-4-10-17(15)20(19)18-11-5-8-14-6-1-3-9-16(14)18;/h1-13,21H;/q;+1/p-1. The normalized spacial score (nSPS) is 10.9. The molecule has 0 saturated heterocycles. The summed E-state index contributed by atoms with van der Waals surface area (Å²) in [6.07, 6.45) is 0. The second-order valence-corrected chi connectivity index (χ2v) is 5.54. The van der Waals surface area contributed by atoms with E-state index in [-0.39, 0.29) is 0 Å². The fourth-order valence-corrected chi connectivity index (χ4v) is 3.27. The van der Waals surface area contributed by atoms with Crippen molar-refractivity contribution in [2.45, 2.75) is 0 Å². The van der Waals surface area contributed by atoms with Crippen molar-refractivity contribution in [1.82, 2.24) is 0 Å². The predicted molar refractivity (Wildman–Crippen MR) is 93.3 cm³/mol. The van der Waals surface area contributed by atoms with Crippen molar-refractivity contribution in [1.29, 1.82) is 0 Å². The Bertz CT molecular complexity index is 970. The van der Waals surface area contributed by atoms with E-state index in [2.05, 4.69) is 89.4 Å². The molecule has 0 atom stereocenters. The van der Waals surface area contributed by atoms with Gasteiger partial charge in [0.15, 0.2) is 0 Å². The van der Waals surface area contributed by atoms with Crippen LogP contribution in [0.2, 0.25) is 0 Å². The Morgan fingerprint density at radius 1 is 0.591 bits per heavy atom. The van der Waals surface area contributed by atoms with Crippen LogP contribution in [-0.4, -0.2) is 16.6 Å². The van der Waals surface area contributed by atoms with Crippen molar-refractivity contribution in [2.24, 2.45) is 0 Å². The molecule has 22 heavy (non-hydrogen) atoms. The first-order valence-corrected chi connectivity index (χ1v) is 7.72. The monoisotopic (exact) mass is 296 g/mol. The quantitative estimate of drug-likeness (QED) is 0.466. The van der Waals surface area contributed by atoms with Crippen molar-refractivity contribution in [3.63, 3.8) is 0 Å². The van der Waals surface area contributed by atoms with Crippen LogP contribution in [-0.2, 0) is 0 Å². The van der Waals surface area contributed by atoms with Crippen LogP contribution in [0.15, 0.2) is 78.9 Å². The first-order valence-electron chi connectivity index (χ1n) is 7.25. The van der Waals surface area contributed by atoms with Crippen molar-refractivity contribution >= 4 is 38.2 Å². The number of hydrogen-bond donors (Lipinski definition) is 0. The highest BCUT2D eigenvalue weighted by atomic mass is 27.1. The lowest BCUT2D eigenvalue weighted by Crippen LogP contribution is -1.92. The summed E-state index contributed by atoms with van der Waals surface area (Å²) in [6.45, 7) is 0. The summed E-state index contributed by atoms with van der Waals surface area (Å²) in [5, 5.41) is 4.90. The van der Waals surface area contributed by atoms with Crippen LogP contribution < -0.4 is 3.79 Å². The SMILES string of the molecule is [Al][O]c1ccc2ccccc2c1-c1cccc2ccccc12. The Morgan fingerprint density at radius 2 is 1.23 bits per heavy atom. The average molecular weight is 296 g/mol. The number of fused-ring (bicyclic) bond motifs is 2. The Kier molecular flexibility index (Phi) is 3.35. The lowest BCUT2D eigenvalue weighted by Gasteiger charge is -2.16. The molecule has 1 nitrogen and oxygen atoms in total. The van der Waals surface area contributed by atoms with E-state index < -0.39 is 0 Å². The molecule has 0 unspecified atom stereocenters. The Hall–Kier alpha value is -2.27. The fraction of sp³-hybridized carbons (Fsp3) is 0. The second-order valence-electron chi connectivity index (χ2n) is 5.30. The van der Waals surface area contributed by atoms with Gasteiger partial charge in [-0.1, -0.05) is 72.8 Å². The van der Waals surface area contributed by atoms with E-state index in [4.69, 9.17) is 3.79 Å². The molecule has 0 aliphatic rings. The van der Waals surface area contributed by atoms with Gasteiger partial charge in [-0.3, -0.25) is 0 Å². The fourth-order valence-electron chi connectivity index (χ4n) is 3.07. The third kappa shape index (κ3) is 2.09. The summed E-state index contributed by atoms with van der Waals surface area (Å²) in [4.78, 5) is 0. The van der Waals surface area contributed by atoms with Gasteiger partial charge in [-0.25, -0.2) is 0 Å². The average Bonchev–Trinajstić information content (AvgIpc) is 2.60. The molecular weight excluding hydrogens is 283 g/mol. The molecule has 4 aromatic rings. The van der Waals surface area contributed by atoms with Crippen LogP contribution in [0.1, 0.15) is 0 Å². The molecule has 102 valence electrons. The summed E-state index contributed by atoms with van der Waals surface area (Å²) >= 11 is 2.37. The zero-order chi connectivity index (χ0) is 14.9. The van der Waals surface area contributed by atoms with Gasteiger partial charge >= 0.3 is 16.6 Å². The molecule has 0 aliphatic carbocycles. The highest BCUT2D eigenvalue weighted by Crippen LogP contribution is 2.40. The largest absolute Gasteiger partial charge is 0.653 e. The lowest BCUT2D eigenvalue weighted by atomic mass is 9.93. The van der Waals surface area contributed by atoms with E-state index >= 15 is 0 Å². The van der Waals surface area contributed by atoms with Gasteiger partial charge in [0.05, 0.1) is 5.75 Å². The maximum absolute atomic E-state index is 5.57. The summed E-state index contributed by atoms with van der Waals surface area (Å²) in [5.41, 5.74) is 2.34. The third-order valence-electron chi connectivity index (χ3n) is 4.08. The van der Waals surface area contributed by atoms with E-state index in [9.17, 15) is 0 Å². The van der Waals surface area contributed by atoms with E-state index in [0.717, 1.165) is 11.3 Å². The van der Waals surface area contributed by atoms with Crippen LogP contribution >= 0.6 is 0 Å². The molecule has 0 aromatic heterocycles. The van der Waals surface area contributed by atoms with Gasteiger partial charge in [-0.15, -0.1) is 0 Å². The topological polar surface area (TPSA) is 9.23 Å². The van der Waals surface area contributed by atoms with Gasteiger partial charge in [0.1, 0.15) is 0 Å². The molecular formula is C20H13AlO. The van der Waals surface area contributed by atoms with Gasteiger partial charge in [-0.05, 0) is 33.2 Å². The first kappa shape index (κ1) is 13.4. The molecule has 0 bridgehead atoms. The van der Waals surface area contributed by atoms with Crippen molar-refractivity contribution in [2.75, 3.05) is 0 Å². The molecule has 0 saturated carbocycles. The van der Waals surface area contributed by atoms with E-state index in [1.54, 1.807) is 0 Å². The number of benzene rings is 4. The van der Waals surface area contributed by atoms with Gasteiger partial charge in [0.25, 0.3) is 0 Å². The molecule has 0 amide bonds. The van der Waals surface area contributed by atoms with Crippen molar-refractivity contribution in [3.05, 3.63) is 78.9 Å². The molecule has 0 spiro atoms. The molecule has 4 rings (SSSR count). The van der Waals surface area contributed by atoms with Crippen LogP contribution in [0.5, 0.6) is 5.75 Å². The second kappa shape index (κ2) is 5.50. The zero-order valence-electron chi connectivity index (χ0n) is 12.0. The van der Waals surface area contributed by atoms with E-state index in [1.165, 1.54) is 27.1 Å². The zero-order valence-corrected chi connectivity index (χ0v) is 13.1. The van der Waals surface area contributed by atoms with Crippen molar-refractivity contribution in [3.8, 4) is 16.9 Å². The maximum Gasteiger partial charge on any atom is 0.482 e. The minimum absolute atomic E-state index is 0.875. The van der Waals surface area contributed by atoms with Gasteiger partial charge in [0.2, 0.25) is 0 Å². The predicted octanol–water partition coefficient (Wildman–Crippen LogP) is 5.12. The number of hydrogen-bond acceptors (Lipinski definition) is 1. The van der Waals surface area contributed by atoms with Crippen molar-refractivity contribution < 1.29 is 3.79 Å². The van der Waals surface area contributed by atoms with E-state index in [1.807, 2.05) is 6.07 Å². The van der Waals surface area contributed by atoms with Crippen LogP contribution in [0.3, 0.4) is 0 Å². The molecule has 0 heterocycles. The van der Waals surface area contributed by atoms with Gasteiger partial charge in [-0.2, -0.15) is 0 Å². The number of rotatable bonds is 2. The molecule has 4 aromatic carbocycles. The van der Waals surface area contributed by atoms with Crippen LogP contribution in [0, 0.1) is 0 Å². The highest BCUT2D eigenvalue weighted by molar-refractivity contribution is 6.09. The summed E-state index contributed by atoms with van der Waals surface area (Å²) in [7, 11) is 0. The minimum atomic E-state index is 0.875. The molecule has 0 N–H and O–H groups in total. The Morgan fingerprint density at radius 3 is 2.00 bits per heavy atom. The van der Waals surface area contributed by atoms with Gasteiger partial charge in [0, 0.05) is 5.56 Å². The molecule has 2 heteroatoms.